The van der Waals surface area contributed by atoms with Gasteiger partial charge in [0.05, 0.1) is 16.8 Å². The van der Waals surface area contributed by atoms with Gasteiger partial charge in [-0.05, 0) is 36.8 Å². The molecule has 0 radical (unpaired) electrons. The van der Waals surface area contributed by atoms with Crippen LogP contribution in [0.4, 0.5) is 5.69 Å². The van der Waals surface area contributed by atoms with Gasteiger partial charge in [0.2, 0.25) is 5.91 Å². The molecular weight excluding hydrogens is 342 g/mol. The zero-order chi connectivity index (χ0) is 19.6. The number of fused-ring (bicyclic) bond motifs is 1. The van der Waals surface area contributed by atoms with Crippen molar-refractivity contribution in [1.82, 2.24) is 4.98 Å². The lowest BCUT2D eigenvalue weighted by Gasteiger charge is -2.11. The van der Waals surface area contributed by atoms with Crippen molar-refractivity contribution in [2.75, 3.05) is 5.32 Å². The van der Waals surface area contributed by atoms with Crippen molar-refractivity contribution in [1.29, 1.82) is 0 Å². The summed E-state index contributed by atoms with van der Waals surface area (Å²) in [6.45, 7) is 3.38. The predicted octanol–water partition coefficient (Wildman–Crippen LogP) is 2.58. The van der Waals surface area contributed by atoms with E-state index >= 15 is 0 Å². The van der Waals surface area contributed by atoms with Gasteiger partial charge in [0.1, 0.15) is 0 Å². The molecule has 3 aromatic rings. The van der Waals surface area contributed by atoms with Crippen LogP contribution in [0.25, 0.3) is 22.2 Å². The van der Waals surface area contributed by atoms with E-state index in [1.807, 2.05) is 31.2 Å². The summed E-state index contributed by atoms with van der Waals surface area (Å²) in [6, 6.07) is 14.6. The van der Waals surface area contributed by atoms with Gasteiger partial charge in [0.25, 0.3) is 5.91 Å². The Balaban J connectivity index is 2.27. The fourth-order valence-corrected chi connectivity index (χ4v) is 2.86. The number of rotatable bonds is 3. The molecule has 27 heavy (non-hydrogen) atoms. The minimum absolute atomic E-state index is 0.212. The lowest BCUT2D eigenvalue weighted by atomic mass is 10.0. The lowest BCUT2D eigenvalue weighted by Crippen LogP contribution is -2.24. The maximum Gasteiger partial charge on any atom is 0.280 e. The topological polar surface area (TPSA) is 123 Å². The number of benzene rings is 2. The van der Waals surface area contributed by atoms with Gasteiger partial charge in [-0.15, -0.1) is 0 Å². The minimum atomic E-state index is -0.572. The molecule has 2 aromatic carbocycles. The van der Waals surface area contributed by atoms with Crippen LogP contribution in [0.5, 0.6) is 0 Å². The second kappa shape index (κ2) is 7.25. The summed E-state index contributed by atoms with van der Waals surface area (Å²) >= 11 is 0. The molecule has 0 aliphatic rings. The number of carbonyl (C=O) groups is 2. The van der Waals surface area contributed by atoms with E-state index in [4.69, 9.17) is 11.5 Å². The van der Waals surface area contributed by atoms with Crippen molar-refractivity contribution in [3.63, 3.8) is 0 Å². The van der Waals surface area contributed by atoms with Crippen molar-refractivity contribution in [3.8, 4) is 11.3 Å². The van der Waals surface area contributed by atoms with Gasteiger partial charge in [-0.1, -0.05) is 24.3 Å². The minimum Gasteiger partial charge on any atom is -0.370 e. The summed E-state index contributed by atoms with van der Waals surface area (Å²) in [5.41, 5.74) is 14.8. The van der Waals surface area contributed by atoms with E-state index in [-0.39, 0.29) is 11.9 Å². The molecule has 2 amide bonds. The molecule has 0 spiro atoms. The third-order valence-corrected chi connectivity index (χ3v) is 4.01. The van der Waals surface area contributed by atoms with Gasteiger partial charge < -0.3 is 16.8 Å². The maximum absolute atomic E-state index is 12.6. The number of carbonyl (C=O) groups excluding carboxylic acids is 2. The maximum atomic E-state index is 12.6. The molecule has 0 saturated carbocycles. The second-order valence-corrected chi connectivity index (χ2v) is 6.12. The number of hydrogen-bond donors (Lipinski definition) is 3. The van der Waals surface area contributed by atoms with E-state index in [0.29, 0.717) is 27.8 Å². The first-order chi connectivity index (χ1) is 12.8. The number of nitrogens with zero attached hydrogens (tertiary/aromatic N) is 2. The van der Waals surface area contributed by atoms with E-state index < -0.39 is 5.91 Å². The Bertz CT molecular complexity index is 1080. The molecule has 0 bridgehead atoms. The summed E-state index contributed by atoms with van der Waals surface area (Å²) < 4.78 is 0. The van der Waals surface area contributed by atoms with E-state index in [1.165, 1.54) is 6.92 Å². The molecule has 0 saturated heterocycles. The average molecular weight is 361 g/mol. The lowest BCUT2D eigenvalue weighted by molar-refractivity contribution is -0.114. The van der Waals surface area contributed by atoms with Crippen molar-refractivity contribution in [3.05, 3.63) is 59.7 Å². The largest absolute Gasteiger partial charge is 0.370 e. The quantitative estimate of drug-likeness (QED) is 0.489. The summed E-state index contributed by atoms with van der Waals surface area (Å²) in [7, 11) is 0. The van der Waals surface area contributed by atoms with Crippen LogP contribution in [-0.2, 0) is 4.79 Å². The number of aryl methyl sites for hydroxylation is 1. The second-order valence-electron chi connectivity index (χ2n) is 6.12. The van der Waals surface area contributed by atoms with Gasteiger partial charge in [0, 0.05) is 23.6 Å². The summed E-state index contributed by atoms with van der Waals surface area (Å²) in [5.74, 6) is -1.10. The molecule has 0 aliphatic carbocycles. The molecule has 0 unspecified atom stereocenters. The van der Waals surface area contributed by atoms with Crippen molar-refractivity contribution in [2.45, 2.75) is 13.8 Å². The van der Waals surface area contributed by atoms with Crippen molar-refractivity contribution < 1.29 is 9.59 Å². The first-order valence-corrected chi connectivity index (χ1v) is 8.27. The number of nitrogens with one attached hydrogen (secondary N) is 1. The van der Waals surface area contributed by atoms with Crippen LogP contribution >= 0.6 is 0 Å². The third-order valence-electron chi connectivity index (χ3n) is 4.01. The SMILES string of the molecule is CC(=O)Nc1ccc2nc(-c3ccccc3C)cc(C(=O)N=C(N)N)c2c1. The van der Waals surface area contributed by atoms with E-state index in [1.54, 1.807) is 24.3 Å². The molecule has 0 atom stereocenters. The molecule has 1 aromatic heterocycles. The van der Waals surface area contributed by atoms with E-state index in [9.17, 15) is 9.59 Å². The first kappa shape index (κ1) is 18.1. The van der Waals surface area contributed by atoms with Crippen molar-refractivity contribution in [2.24, 2.45) is 16.5 Å². The molecule has 136 valence electrons. The molecular formula is C20H19N5O2. The highest BCUT2D eigenvalue weighted by molar-refractivity contribution is 6.11. The first-order valence-electron chi connectivity index (χ1n) is 8.27. The standard InChI is InChI=1S/C20H19N5O2/c1-11-5-3-4-6-14(11)18-10-16(19(27)25-20(21)22)15-9-13(23-12(2)26)7-8-17(15)24-18/h3-10H,1-2H3,(H,23,26)(H4,21,22,25,27). The fourth-order valence-electron chi connectivity index (χ4n) is 2.86. The third kappa shape index (κ3) is 3.92. The van der Waals surface area contributed by atoms with Gasteiger partial charge >= 0.3 is 0 Å². The van der Waals surface area contributed by atoms with Crippen LogP contribution < -0.4 is 16.8 Å². The van der Waals surface area contributed by atoms with Crippen LogP contribution in [-0.4, -0.2) is 22.8 Å². The van der Waals surface area contributed by atoms with Gasteiger partial charge in [-0.25, -0.2) is 4.98 Å². The van der Waals surface area contributed by atoms with Gasteiger partial charge in [-0.3, -0.25) is 9.59 Å². The summed E-state index contributed by atoms with van der Waals surface area (Å²) in [5, 5.41) is 3.25. The number of anilines is 1. The molecule has 7 nitrogen and oxygen atoms in total. The Morgan fingerprint density at radius 2 is 1.81 bits per heavy atom. The fraction of sp³-hybridized carbons (Fsp3) is 0.100. The Hall–Kier alpha value is -3.74. The number of amides is 2. The Morgan fingerprint density at radius 1 is 1.07 bits per heavy atom. The van der Waals surface area contributed by atoms with Crippen LogP contribution in [0.15, 0.2) is 53.5 Å². The van der Waals surface area contributed by atoms with Crippen LogP contribution in [0.2, 0.25) is 0 Å². The molecule has 5 N–H and O–H groups in total. The Labute approximate surface area is 156 Å². The molecule has 1 heterocycles. The average Bonchev–Trinajstić information content (AvgIpc) is 2.60. The monoisotopic (exact) mass is 361 g/mol. The number of nitrogens with two attached hydrogens (primary N) is 2. The highest BCUT2D eigenvalue weighted by atomic mass is 16.2. The van der Waals surface area contributed by atoms with E-state index in [0.717, 1.165) is 11.1 Å². The predicted molar refractivity (Wildman–Crippen MR) is 106 cm³/mol. The molecule has 3 rings (SSSR count). The highest BCUT2D eigenvalue weighted by Crippen LogP contribution is 2.29. The molecule has 7 heteroatoms. The van der Waals surface area contributed by atoms with Gasteiger partial charge in [0.15, 0.2) is 5.96 Å². The zero-order valence-electron chi connectivity index (χ0n) is 15.0. The Morgan fingerprint density at radius 3 is 2.48 bits per heavy atom. The van der Waals surface area contributed by atoms with Crippen LogP contribution in [0.1, 0.15) is 22.8 Å². The molecule has 0 fully saturated rings. The normalized spacial score (nSPS) is 10.4. The van der Waals surface area contributed by atoms with E-state index in [2.05, 4.69) is 15.3 Å². The summed E-state index contributed by atoms with van der Waals surface area (Å²) in [4.78, 5) is 32.3. The number of aromatic nitrogens is 1. The van der Waals surface area contributed by atoms with Crippen LogP contribution in [0.3, 0.4) is 0 Å². The summed E-state index contributed by atoms with van der Waals surface area (Å²) in [6.07, 6.45) is 0. The Kier molecular flexibility index (Phi) is 4.85. The number of aliphatic imine (C=N–C) groups is 1. The smallest absolute Gasteiger partial charge is 0.280 e. The van der Waals surface area contributed by atoms with Crippen molar-refractivity contribution >= 4 is 34.4 Å². The van der Waals surface area contributed by atoms with Crippen LogP contribution in [0, 0.1) is 6.92 Å². The van der Waals surface area contributed by atoms with Gasteiger partial charge in [-0.2, -0.15) is 4.99 Å². The highest BCUT2D eigenvalue weighted by Gasteiger charge is 2.15. The number of pyridine rings is 1. The number of guanidine groups is 1. The number of hydrogen-bond acceptors (Lipinski definition) is 3. The zero-order valence-corrected chi connectivity index (χ0v) is 15.0. The molecule has 0 aliphatic heterocycles.